The molecule has 8 nitrogen and oxygen atoms in total. The number of aryl methyl sites for hydroxylation is 1. The van der Waals surface area contributed by atoms with Crippen LogP contribution in [-0.4, -0.2) is 44.2 Å². The van der Waals surface area contributed by atoms with Crippen LogP contribution < -0.4 is 17.1 Å². The predicted octanol–water partition coefficient (Wildman–Crippen LogP) is 1.28. The highest BCUT2D eigenvalue weighted by molar-refractivity contribution is 6.14. The molecule has 0 aliphatic carbocycles. The van der Waals surface area contributed by atoms with Crippen molar-refractivity contribution in [1.82, 2.24) is 9.55 Å². The van der Waals surface area contributed by atoms with Gasteiger partial charge in [0.2, 0.25) is 0 Å². The number of hydrogen-bond donors (Lipinski definition) is 2. The number of nitrogens with two attached hydrogens (primary N) is 1. The van der Waals surface area contributed by atoms with E-state index in [-0.39, 0.29) is 6.61 Å². The number of aromatic amines is 1. The van der Waals surface area contributed by atoms with Crippen LogP contribution in [0.3, 0.4) is 0 Å². The first kappa shape index (κ1) is 25.3. The number of nitrogens with one attached hydrogen (secondary N) is 1. The lowest BCUT2D eigenvalue weighted by Gasteiger charge is -2.47. The van der Waals surface area contributed by atoms with E-state index in [2.05, 4.69) is 4.98 Å². The molecular weight excluding hydrogens is 462 g/mol. The molecule has 9 heteroatoms. The third-order valence-electron chi connectivity index (χ3n) is 6.66. The second-order valence-electron chi connectivity index (χ2n) is 10.1. The monoisotopic (exact) mass is 495 g/mol. The van der Waals surface area contributed by atoms with Crippen LogP contribution in [0.1, 0.15) is 37.5 Å². The zero-order valence-electron chi connectivity index (χ0n) is 20.8. The van der Waals surface area contributed by atoms with Gasteiger partial charge in [-0.1, -0.05) is 60.7 Å². The van der Waals surface area contributed by atoms with Crippen molar-refractivity contribution in [2.24, 2.45) is 5.90 Å². The van der Waals surface area contributed by atoms with Crippen molar-refractivity contribution in [3.8, 4) is 0 Å². The van der Waals surface area contributed by atoms with E-state index < -0.39 is 39.8 Å². The zero-order chi connectivity index (χ0) is 25.4. The van der Waals surface area contributed by atoms with Gasteiger partial charge in [-0.2, -0.15) is 0 Å². The number of rotatable bonds is 6. The lowest BCUT2D eigenvalue weighted by Crippen LogP contribution is -2.61. The molecule has 1 aliphatic rings. The third kappa shape index (κ3) is 4.23. The van der Waals surface area contributed by atoms with E-state index in [0.29, 0.717) is 15.8 Å². The predicted molar refractivity (Wildman–Crippen MR) is 137 cm³/mol. The van der Waals surface area contributed by atoms with Gasteiger partial charge in [-0.3, -0.25) is 14.3 Å². The summed E-state index contributed by atoms with van der Waals surface area (Å²) in [7, 11) is 0.358. The summed E-state index contributed by atoms with van der Waals surface area (Å²) in [4.78, 5) is 33.2. The second-order valence-corrected chi connectivity index (χ2v) is 11.5. The maximum Gasteiger partial charge on any atom is 0.330 e. The molecular formula is C26H33N3O5Si. The number of hydrogen-bond acceptors (Lipinski definition) is 6. The first-order valence-electron chi connectivity index (χ1n) is 11.7. The fraction of sp³-hybridized carbons (Fsp3) is 0.385. The molecule has 4 rings (SSSR count). The molecule has 0 amide bonds. The Morgan fingerprint density at radius 1 is 1.06 bits per heavy atom. The average Bonchev–Trinajstić information content (AvgIpc) is 3.05. The van der Waals surface area contributed by atoms with Gasteiger partial charge < -0.3 is 14.3 Å². The highest BCUT2D eigenvalue weighted by Gasteiger charge is 2.67. The summed E-state index contributed by atoms with van der Waals surface area (Å²) in [6.07, 6.45) is 0.401. The van der Waals surface area contributed by atoms with Gasteiger partial charge in [0.25, 0.3) is 5.56 Å². The lowest BCUT2D eigenvalue weighted by molar-refractivity contribution is -0.122. The summed E-state index contributed by atoms with van der Waals surface area (Å²) in [6, 6.07) is 19.8. The first-order chi connectivity index (χ1) is 16.5. The van der Waals surface area contributed by atoms with E-state index in [9.17, 15) is 9.59 Å². The van der Waals surface area contributed by atoms with Crippen LogP contribution in [0.25, 0.3) is 0 Å². The van der Waals surface area contributed by atoms with Crippen molar-refractivity contribution in [2.45, 2.75) is 56.3 Å². The Morgan fingerprint density at radius 2 is 1.60 bits per heavy atom. The molecule has 2 aromatic carbocycles. The van der Waals surface area contributed by atoms with Gasteiger partial charge in [-0.15, -0.1) is 0 Å². The van der Waals surface area contributed by atoms with Crippen molar-refractivity contribution in [3.63, 3.8) is 0 Å². The van der Waals surface area contributed by atoms with E-state index in [1.54, 1.807) is 13.1 Å². The summed E-state index contributed by atoms with van der Waals surface area (Å²) < 4.78 is 15.1. The minimum absolute atomic E-state index is 0.0588. The van der Waals surface area contributed by atoms with E-state index in [1.807, 2.05) is 81.4 Å². The lowest BCUT2D eigenvalue weighted by atomic mass is 9.68. The van der Waals surface area contributed by atoms with Crippen molar-refractivity contribution >= 4 is 10.2 Å². The standard InChI is InChI=1S/C26H33N3O5Si/c1-17-15-29(23(31)28-22(17)30)26(35)25(18-11-7-5-8-12-18,19-13-9-6-10-14-19)21(34-24(2,3)4)20(33-26)16-32-27/h5-15,20-21H,16,27H2,1-4,35H3,(H,28,30,31)/t20-,21-,26+/m1/s1. The SMILES string of the molecule is Cc1cn([C@]2([SiH3])O[C@H](CON)[C@@H](OC(C)(C)C)C2(c2ccccc2)c2ccccc2)c(=O)[nH]c1=O. The van der Waals surface area contributed by atoms with Gasteiger partial charge in [-0.05, 0) is 38.8 Å². The molecule has 3 aromatic rings. The minimum Gasteiger partial charge on any atom is -0.368 e. The minimum atomic E-state index is -1.19. The van der Waals surface area contributed by atoms with Crippen LogP contribution in [0.15, 0.2) is 76.4 Å². The number of H-pyrrole nitrogens is 1. The Kier molecular flexibility index (Phi) is 6.73. The molecule has 0 saturated carbocycles. The van der Waals surface area contributed by atoms with Gasteiger partial charge in [0, 0.05) is 11.8 Å². The molecule has 3 N–H and O–H groups in total. The Balaban J connectivity index is 2.16. The average molecular weight is 496 g/mol. The summed E-state index contributed by atoms with van der Waals surface area (Å²) >= 11 is 0. The highest BCUT2D eigenvalue weighted by atomic mass is 28.1. The number of aromatic nitrogens is 2. The van der Waals surface area contributed by atoms with Crippen LogP contribution in [0.5, 0.6) is 0 Å². The first-order valence-corrected chi connectivity index (χ1v) is 12.7. The van der Waals surface area contributed by atoms with Gasteiger partial charge in [0.05, 0.1) is 27.9 Å². The quantitative estimate of drug-likeness (QED) is 0.394. The molecule has 2 heterocycles. The number of benzene rings is 2. The zero-order valence-corrected chi connectivity index (χ0v) is 22.8. The van der Waals surface area contributed by atoms with Crippen LogP contribution in [0, 0.1) is 6.92 Å². The van der Waals surface area contributed by atoms with Crippen molar-refractivity contribution < 1.29 is 14.3 Å². The molecule has 0 bridgehead atoms. The molecule has 35 heavy (non-hydrogen) atoms. The maximum atomic E-state index is 13.3. The summed E-state index contributed by atoms with van der Waals surface area (Å²) in [5, 5.41) is -1.19. The van der Waals surface area contributed by atoms with Gasteiger partial charge >= 0.3 is 5.69 Å². The molecule has 1 aliphatic heterocycles. The second kappa shape index (κ2) is 9.33. The van der Waals surface area contributed by atoms with E-state index in [4.69, 9.17) is 20.2 Å². The third-order valence-corrected chi connectivity index (χ3v) is 8.16. The van der Waals surface area contributed by atoms with Gasteiger partial charge in [0.15, 0.2) is 0 Å². The smallest absolute Gasteiger partial charge is 0.330 e. The normalized spacial score (nSPS) is 24.0. The van der Waals surface area contributed by atoms with Gasteiger partial charge in [-0.25, -0.2) is 10.7 Å². The highest BCUT2D eigenvalue weighted by Crippen LogP contribution is 2.55. The molecule has 3 atom stereocenters. The summed E-state index contributed by atoms with van der Waals surface area (Å²) in [5.41, 5.74) is -0.234. The van der Waals surface area contributed by atoms with E-state index >= 15 is 0 Å². The number of ether oxygens (including phenoxy) is 2. The fourth-order valence-corrected chi connectivity index (χ4v) is 6.81. The van der Waals surface area contributed by atoms with Crippen LogP contribution in [0.2, 0.25) is 0 Å². The summed E-state index contributed by atoms with van der Waals surface area (Å²) in [5.74, 6) is 5.56. The van der Waals surface area contributed by atoms with E-state index in [0.717, 1.165) is 11.1 Å². The molecule has 0 radical (unpaired) electrons. The molecule has 1 saturated heterocycles. The fourth-order valence-electron chi connectivity index (χ4n) is 5.32. The Bertz CT molecular complexity index is 1250. The van der Waals surface area contributed by atoms with Crippen molar-refractivity contribution in [3.05, 3.63) is 104 Å². The van der Waals surface area contributed by atoms with Crippen molar-refractivity contribution in [1.29, 1.82) is 0 Å². The topological polar surface area (TPSA) is 109 Å². The van der Waals surface area contributed by atoms with Gasteiger partial charge in [0.1, 0.15) is 17.6 Å². The molecule has 0 unspecified atom stereocenters. The van der Waals surface area contributed by atoms with E-state index in [1.165, 1.54) is 4.57 Å². The summed E-state index contributed by atoms with van der Waals surface area (Å²) in [6.45, 7) is 7.68. The Morgan fingerprint density at radius 3 is 2.09 bits per heavy atom. The molecule has 1 fully saturated rings. The van der Waals surface area contributed by atoms with Crippen LogP contribution in [-0.2, 0) is 25.1 Å². The Hall–Kier alpha value is -2.82. The molecule has 1 aromatic heterocycles. The largest absolute Gasteiger partial charge is 0.368 e. The molecule has 186 valence electrons. The van der Waals surface area contributed by atoms with Crippen molar-refractivity contribution in [2.75, 3.05) is 6.61 Å². The van der Waals surface area contributed by atoms with Crippen LogP contribution >= 0.6 is 0 Å². The molecule has 0 spiro atoms. The number of nitrogens with zero attached hydrogens (tertiary/aromatic N) is 1. The Labute approximate surface area is 207 Å². The van der Waals surface area contributed by atoms with Crippen LogP contribution in [0.4, 0.5) is 0 Å². The maximum absolute atomic E-state index is 13.3.